The van der Waals surface area contributed by atoms with E-state index in [4.69, 9.17) is 11.6 Å². The number of pyridine rings is 1. The van der Waals surface area contributed by atoms with Gasteiger partial charge in [-0.2, -0.15) is 0 Å². The van der Waals surface area contributed by atoms with E-state index in [-0.39, 0.29) is 17.5 Å². The molecule has 2 heterocycles. The van der Waals surface area contributed by atoms with Gasteiger partial charge in [0.2, 0.25) is 0 Å². The monoisotopic (exact) mass is 328 g/mol. The average Bonchev–Trinajstić information content (AvgIpc) is 2.54. The molecular formula is C18H17ClN2O2. The highest BCUT2D eigenvalue weighted by Crippen LogP contribution is 2.46. The zero-order valence-corrected chi connectivity index (χ0v) is 13.4. The highest BCUT2D eigenvalue weighted by atomic mass is 35.5. The summed E-state index contributed by atoms with van der Waals surface area (Å²) in [6.45, 7) is 0. The number of hydrogen-bond donors (Lipinski definition) is 1. The molecule has 1 N–H and O–H groups in total. The molecule has 0 saturated carbocycles. The summed E-state index contributed by atoms with van der Waals surface area (Å²) < 4.78 is 0. The van der Waals surface area contributed by atoms with Gasteiger partial charge in [0.05, 0.1) is 5.02 Å². The van der Waals surface area contributed by atoms with Gasteiger partial charge in [0.15, 0.2) is 11.6 Å². The lowest BCUT2D eigenvalue weighted by molar-refractivity contribution is -0.116. The molecule has 0 saturated heterocycles. The highest BCUT2D eigenvalue weighted by molar-refractivity contribution is 6.31. The molecule has 0 atom stereocenters. The topological polar surface area (TPSA) is 59.1 Å². The Balaban J connectivity index is 1.94. The molecule has 0 radical (unpaired) electrons. The van der Waals surface area contributed by atoms with Gasteiger partial charge in [0, 0.05) is 53.7 Å². The standard InChI is InChI=1S/C18H17ClN2O2/c19-11-9-20-8-7-10(11)16-17-12(3-1-5-14(17)22)21-13-4-2-6-15(23)18(13)16/h7-9,16,21H,1-6H2. The van der Waals surface area contributed by atoms with Crippen molar-refractivity contribution in [3.05, 3.63) is 51.6 Å². The van der Waals surface area contributed by atoms with E-state index in [1.54, 1.807) is 12.4 Å². The first-order valence-corrected chi connectivity index (χ1v) is 8.43. The molecule has 3 aliphatic rings. The fourth-order valence-electron chi connectivity index (χ4n) is 3.91. The lowest BCUT2D eigenvalue weighted by atomic mass is 9.72. The number of carbonyl (C=O) groups excluding carboxylic acids is 2. The minimum Gasteiger partial charge on any atom is -0.362 e. The largest absolute Gasteiger partial charge is 0.362 e. The number of carbonyl (C=O) groups is 2. The van der Waals surface area contributed by atoms with Gasteiger partial charge in [0.1, 0.15) is 0 Å². The van der Waals surface area contributed by atoms with Crippen LogP contribution in [0.4, 0.5) is 0 Å². The molecule has 1 aliphatic heterocycles. The molecular weight excluding hydrogens is 312 g/mol. The van der Waals surface area contributed by atoms with Crippen LogP contribution in [0.25, 0.3) is 0 Å². The van der Waals surface area contributed by atoms with Crippen LogP contribution in [0.5, 0.6) is 0 Å². The number of rotatable bonds is 1. The third kappa shape index (κ3) is 2.32. The van der Waals surface area contributed by atoms with Crippen LogP contribution >= 0.6 is 11.6 Å². The molecule has 1 aromatic heterocycles. The smallest absolute Gasteiger partial charge is 0.161 e. The zero-order valence-electron chi connectivity index (χ0n) is 12.7. The summed E-state index contributed by atoms with van der Waals surface area (Å²) in [5.74, 6) is -0.0829. The average molecular weight is 329 g/mol. The molecule has 4 rings (SSSR count). The van der Waals surface area contributed by atoms with Crippen LogP contribution in [0.15, 0.2) is 41.0 Å². The van der Waals surface area contributed by atoms with Gasteiger partial charge in [-0.05, 0) is 37.3 Å². The summed E-state index contributed by atoms with van der Waals surface area (Å²) in [5, 5.41) is 3.91. The molecule has 0 unspecified atom stereocenters. The number of allylic oxidation sites excluding steroid dienone is 4. The highest BCUT2D eigenvalue weighted by Gasteiger charge is 2.40. The fraction of sp³-hybridized carbons (Fsp3) is 0.389. The predicted molar refractivity (Wildman–Crippen MR) is 86.9 cm³/mol. The first-order chi connectivity index (χ1) is 11.2. The van der Waals surface area contributed by atoms with Crippen LogP contribution in [0.3, 0.4) is 0 Å². The van der Waals surface area contributed by atoms with Crippen molar-refractivity contribution in [3.63, 3.8) is 0 Å². The van der Waals surface area contributed by atoms with E-state index in [1.807, 2.05) is 6.07 Å². The van der Waals surface area contributed by atoms with Gasteiger partial charge in [-0.3, -0.25) is 14.6 Å². The third-order valence-electron chi connectivity index (χ3n) is 4.91. The van der Waals surface area contributed by atoms with Crippen molar-refractivity contribution in [1.82, 2.24) is 10.3 Å². The second-order valence-corrected chi connectivity index (χ2v) is 6.70. The van der Waals surface area contributed by atoms with Crippen LogP contribution in [0.2, 0.25) is 5.02 Å². The van der Waals surface area contributed by atoms with E-state index < -0.39 is 0 Å². The van der Waals surface area contributed by atoms with E-state index in [1.165, 1.54) is 0 Å². The Kier molecular flexibility index (Phi) is 3.57. The molecule has 2 aliphatic carbocycles. The van der Waals surface area contributed by atoms with Crippen molar-refractivity contribution < 1.29 is 9.59 Å². The summed E-state index contributed by atoms with van der Waals surface area (Å²) in [5.41, 5.74) is 4.24. The van der Waals surface area contributed by atoms with Crippen molar-refractivity contribution >= 4 is 23.2 Å². The lowest BCUT2D eigenvalue weighted by Gasteiger charge is -2.37. The Labute approximate surface area is 139 Å². The van der Waals surface area contributed by atoms with E-state index in [2.05, 4.69) is 10.3 Å². The van der Waals surface area contributed by atoms with Crippen LogP contribution in [0, 0.1) is 0 Å². The molecule has 0 aromatic carbocycles. The predicted octanol–water partition coefficient (Wildman–Crippen LogP) is 3.44. The third-order valence-corrected chi connectivity index (χ3v) is 5.22. The first-order valence-electron chi connectivity index (χ1n) is 8.05. The van der Waals surface area contributed by atoms with Crippen molar-refractivity contribution in [2.24, 2.45) is 0 Å². The Morgan fingerprint density at radius 3 is 2.17 bits per heavy atom. The van der Waals surface area contributed by atoms with E-state index in [0.29, 0.717) is 17.9 Å². The SMILES string of the molecule is O=C1CCCC2=C1C(c1ccncc1Cl)C1=C(CCCC1=O)N2. The van der Waals surface area contributed by atoms with E-state index in [0.717, 1.165) is 53.8 Å². The summed E-state index contributed by atoms with van der Waals surface area (Å²) in [4.78, 5) is 29.3. The Bertz CT molecular complexity index is 737. The molecule has 0 amide bonds. The van der Waals surface area contributed by atoms with Crippen molar-refractivity contribution in [1.29, 1.82) is 0 Å². The molecule has 118 valence electrons. The summed E-state index contributed by atoms with van der Waals surface area (Å²) in [6, 6.07) is 1.83. The molecule has 5 heteroatoms. The van der Waals surface area contributed by atoms with Crippen LogP contribution in [-0.4, -0.2) is 16.6 Å². The number of aromatic nitrogens is 1. The van der Waals surface area contributed by atoms with Crippen molar-refractivity contribution in [3.8, 4) is 0 Å². The van der Waals surface area contributed by atoms with Gasteiger partial charge in [-0.15, -0.1) is 0 Å². The molecule has 0 spiro atoms. The van der Waals surface area contributed by atoms with Gasteiger partial charge >= 0.3 is 0 Å². The lowest BCUT2D eigenvalue weighted by Crippen LogP contribution is -2.36. The normalized spacial score (nSPS) is 22.0. The number of dihydropyridines is 1. The fourth-order valence-corrected chi connectivity index (χ4v) is 4.14. The second-order valence-electron chi connectivity index (χ2n) is 6.29. The second kappa shape index (κ2) is 5.60. The molecule has 0 fully saturated rings. The number of nitrogens with one attached hydrogen (secondary N) is 1. The molecule has 4 nitrogen and oxygen atoms in total. The van der Waals surface area contributed by atoms with Gasteiger partial charge in [-0.25, -0.2) is 0 Å². The number of nitrogens with zero attached hydrogens (tertiary/aromatic N) is 1. The minimum atomic E-state index is -0.336. The number of Topliss-reactive ketones (excluding diaryl/α,β-unsaturated/α-hetero) is 2. The summed E-state index contributed by atoms with van der Waals surface area (Å²) >= 11 is 6.36. The van der Waals surface area contributed by atoms with Gasteiger partial charge in [0.25, 0.3) is 0 Å². The van der Waals surface area contributed by atoms with E-state index in [9.17, 15) is 9.59 Å². The number of halogens is 1. The Morgan fingerprint density at radius 2 is 1.61 bits per heavy atom. The zero-order chi connectivity index (χ0) is 16.0. The quantitative estimate of drug-likeness (QED) is 0.858. The van der Waals surface area contributed by atoms with Gasteiger partial charge in [-0.1, -0.05) is 11.6 Å². The molecule has 1 aromatic rings. The maximum absolute atomic E-state index is 12.6. The molecule has 23 heavy (non-hydrogen) atoms. The maximum Gasteiger partial charge on any atom is 0.161 e. The van der Waals surface area contributed by atoms with E-state index >= 15 is 0 Å². The van der Waals surface area contributed by atoms with Crippen molar-refractivity contribution in [2.45, 2.75) is 44.4 Å². The first kappa shape index (κ1) is 14.6. The van der Waals surface area contributed by atoms with Crippen LogP contribution in [0.1, 0.15) is 50.0 Å². The van der Waals surface area contributed by atoms with Crippen LogP contribution < -0.4 is 5.32 Å². The van der Waals surface area contributed by atoms with Gasteiger partial charge < -0.3 is 5.32 Å². The molecule has 0 bridgehead atoms. The maximum atomic E-state index is 12.6. The Hall–Kier alpha value is -1.94. The number of hydrogen-bond acceptors (Lipinski definition) is 4. The van der Waals surface area contributed by atoms with Crippen molar-refractivity contribution in [2.75, 3.05) is 0 Å². The minimum absolute atomic E-state index is 0.126. The Morgan fingerprint density at radius 1 is 1.00 bits per heavy atom. The summed E-state index contributed by atoms with van der Waals surface area (Å²) in [6.07, 6.45) is 7.75. The summed E-state index contributed by atoms with van der Waals surface area (Å²) in [7, 11) is 0. The number of ketones is 2. The van der Waals surface area contributed by atoms with Crippen LogP contribution in [-0.2, 0) is 9.59 Å².